The summed E-state index contributed by atoms with van der Waals surface area (Å²) in [6.07, 6.45) is 3.64. The molecule has 20 heavy (non-hydrogen) atoms. The standard InChI is InChI=1S/C14H22N4O2/c1-16(2)4-10-8-20-13-7-18(5-11(10)13)14(19)12-6-17(3)9-15-12/h6,9-11,13H,4-5,7-8H2,1-3H3/t10-,11-,13-/m1/s1. The molecule has 0 N–H and O–H groups in total. The van der Waals surface area contributed by atoms with Crippen molar-refractivity contribution < 1.29 is 9.53 Å². The number of amides is 1. The number of imidazole rings is 1. The quantitative estimate of drug-likeness (QED) is 0.785. The summed E-state index contributed by atoms with van der Waals surface area (Å²) in [6.45, 7) is 3.33. The Balaban J connectivity index is 1.66. The lowest BCUT2D eigenvalue weighted by Gasteiger charge is -2.21. The molecule has 2 aliphatic heterocycles. The summed E-state index contributed by atoms with van der Waals surface area (Å²) in [4.78, 5) is 20.6. The van der Waals surface area contributed by atoms with Crippen LogP contribution in [0.25, 0.3) is 0 Å². The van der Waals surface area contributed by atoms with Crippen molar-refractivity contribution in [1.82, 2.24) is 19.4 Å². The molecule has 1 amide bonds. The van der Waals surface area contributed by atoms with Gasteiger partial charge < -0.3 is 19.1 Å². The first-order chi connectivity index (χ1) is 9.54. The van der Waals surface area contributed by atoms with E-state index in [2.05, 4.69) is 24.0 Å². The minimum atomic E-state index is 0.0206. The van der Waals surface area contributed by atoms with Gasteiger partial charge in [-0.25, -0.2) is 4.98 Å². The molecule has 0 aromatic carbocycles. The fourth-order valence-electron chi connectivity index (χ4n) is 3.31. The number of ether oxygens (including phenoxy) is 1. The predicted octanol–water partition coefficient (Wildman–Crippen LogP) is 0.0687. The Labute approximate surface area is 119 Å². The van der Waals surface area contributed by atoms with E-state index in [1.54, 1.807) is 17.1 Å². The molecular weight excluding hydrogens is 256 g/mol. The van der Waals surface area contributed by atoms with Crippen LogP contribution in [0.4, 0.5) is 0 Å². The van der Waals surface area contributed by atoms with Gasteiger partial charge in [-0.2, -0.15) is 0 Å². The molecule has 0 unspecified atom stereocenters. The summed E-state index contributed by atoms with van der Waals surface area (Å²) in [5, 5.41) is 0. The van der Waals surface area contributed by atoms with Crippen LogP contribution in [0.1, 0.15) is 10.5 Å². The second-order valence-electron chi connectivity index (χ2n) is 6.19. The molecule has 1 aromatic heterocycles. The van der Waals surface area contributed by atoms with Crippen LogP contribution in [0.15, 0.2) is 12.5 Å². The Kier molecular flexibility index (Phi) is 3.52. The molecule has 0 saturated carbocycles. The van der Waals surface area contributed by atoms with E-state index in [-0.39, 0.29) is 12.0 Å². The van der Waals surface area contributed by atoms with E-state index in [9.17, 15) is 4.79 Å². The van der Waals surface area contributed by atoms with Crippen LogP contribution in [-0.2, 0) is 11.8 Å². The number of rotatable bonds is 3. The van der Waals surface area contributed by atoms with Crippen LogP contribution in [0, 0.1) is 11.8 Å². The Morgan fingerprint density at radius 2 is 2.30 bits per heavy atom. The summed E-state index contributed by atoms with van der Waals surface area (Å²) in [7, 11) is 6.04. The van der Waals surface area contributed by atoms with Crippen LogP contribution in [-0.4, -0.2) is 71.7 Å². The van der Waals surface area contributed by atoms with Gasteiger partial charge in [-0.05, 0) is 14.1 Å². The highest BCUT2D eigenvalue weighted by atomic mass is 16.5. The van der Waals surface area contributed by atoms with Crippen LogP contribution >= 0.6 is 0 Å². The van der Waals surface area contributed by atoms with E-state index in [0.29, 0.717) is 24.1 Å². The van der Waals surface area contributed by atoms with Gasteiger partial charge in [-0.1, -0.05) is 0 Å². The molecule has 0 radical (unpaired) electrons. The highest BCUT2D eigenvalue weighted by Crippen LogP contribution is 2.34. The summed E-state index contributed by atoms with van der Waals surface area (Å²) >= 11 is 0. The molecule has 3 rings (SSSR count). The first-order valence-corrected chi connectivity index (χ1v) is 7.08. The average molecular weight is 278 g/mol. The zero-order valence-corrected chi connectivity index (χ0v) is 12.3. The molecule has 2 fully saturated rings. The Morgan fingerprint density at radius 3 is 2.95 bits per heavy atom. The maximum atomic E-state index is 12.4. The molecule has 6 heteroatoms. The summed E-state index contributed by atoms with van der Waals surface area (Å²) in [5.41, 5.74) is 0.525. The average Bonchev–Trinajstić information content (AvgIpc) is 3.05. The van der Waals surface area contributed by atoms with Crippen molar-refractivity contribution in [3.05, 3.63) is 18.2 Å². The van der Waals surface area contributed by atoms with Crippen molar-refractivity contribution in [3.63, 3.8) is 0 Å². The van der Waals surface area contributed by atoms with Gasteiger partial charge in [0.15, 0.2) is 0 Å². The molecule has 3 heterocycles. The molecule has 110 valence electrons. The SMILES string of the molecule is CN(C)C[C@@H]1CO[C@@H]2CN(C(=O)c3cn(C)cn3)C[C@H]12. The number of hydrogen-bond donors (Lipinski definition) is 0. The number of carbonyl (C=O) groups excluding carboxylic acids is 1. The van der Waals surface area contributed by atoms with Gasteiger partial charge in [0, 0.05) is 44.7 Å². The maximum absolute atomic E-state index is 12.4. The maximum Gasteiger partial charge on any atom is 0.274 e. The van der Waals surface area contributed by atoms with Gasteiger partial charge in [0.05, 0.1) is 19.0 Å². The van der Waals surface area contributed by atoms with E-state index in [4.69, 9.17) is 4.74 Å². The van der Waals surface area contributed by atoms with Gasteiger partial charge in [-0.3, -0.25) is 4.79 Å². The van der Waals surface area contributed by atoms with Gasteiger partial charge >= 0.3 is 0 Å². The number of fused-ring (bicyclic) bond motifs is 1. The third-order valence-corrected chi connectivity index (χ3v) is 4.25. The molecule has 0 spiro atoms. The van der Waals surface area contributed by atoms with Gasteiger partial charge in [0.1, 0.15) is 5.69 Å². The third kappa shape index (κ3) is 2.45. The minimum Gasteiger partial charge on any atom is -0.376 e. The topological polar surface area (TPSA) is 50.6 Å². The van der Waals surface area contributed by atoms with E-state index in [1.165, 1.54) is 0 Å². The van der Waals surface area contributed by atoms with E-state index in [1.807, 2.05) is 11.9 Å². The lowest BCUT2D eigenvalue weighted by molar-refractivity contribution is 0.0666. The normalized spacial score (nSPS) is 29.2. The zero-order valence-electron chi connectivity index (χ0n) is 12.3. The molecule has 3 atom stereocenters. The van der Waals surface area contributed by atoms with Crippen LogP contribution in [0.3, 0.4) is 0 Å². The van der Waals surface area contributed by atoms with Crippen molar-refractivity contribution >= 4 is 5.91 Å². The lowest BCUT2D eigenvalue weighted by Crippen LogP contribution is -2.33. The van der Waals surface area contributed by atoms with Crippen molar-refractivity contribution in [3.8, 4) is 0 Å². The van der Waals surface area contributed by atoms with Gasteiger partial charge in [0.25, 0.3) is 5.91 Å². The molecule has 6 nitrogen and oxygen atoms in total. The minimum absolute atomic E-state index is 0.0206. The molecule has 0 aliphatic carbocycles. The largest absolute Gasteiger partial charge is 0.376 e. The van der Waals surface area contributed by atoms with Gasteiger partial charge in [-0.15, -0.1) is 0 Å². The molecule has 2 aliphatic rings. The number of aromatic nitrogens is 2. The fraction of sp³-hybridized carbons (Fsp3) is 0.714. The van der Waals surface area contributed by atoms with Gasteiger partial charge in [0.2, 0.25) is 0 Å². The molecule has 1 aromatic rings. The first kappa shape index (κ1) is 13.6. The number of nitrogens with zero attached hydrogens (tertiary/aromatic N) is 4. The Morgan fingerprint density at radius 1 is 1.50 bits per heavy atom. The summed E-state index contributed by atoms with van der Waals surface area (Å²) in [5.74, 6) is 1.01. The molecule has 0 bridgehead atoms. The predicted molar refractivity (Wildman–Crippen MR) is 74.4 cm³/mol. The Bertz CT molecular complexity index is 499. The first-order valence-electron chi connectivity index (χ1n) is 7.08. The molecular formula is C14H22N4O2. The number of carbonyl (C=O) groups is 1. The van der Waals surface area contributed by atoms with Crippen LogP contribution in [0.2, 0.25) is 0 Å². The zero-order chi connectivity index (χ0) is 14.3. The summed E-state index contributed by atoms with van der Waals surface area (Å²) in [6, 6.07) is 0. The fourth-order valence-corrected chi connectivity index (χ4v) is 3.31. The van der Waals surface area contributed by atoms with E-state index < -0.39 is 0 Å². The number of hydrogen-bond acceptors (Lipinski definition) is 4. The number of likely N-dealkylation sites (tertiary alicyclic amines) is 1. The van der Waals surface area contributed by atoms with E-state index in [0.717, 1.165) is 19.7 Å². The monoisotopic (exact) mass is 278 g/mol. The van der Waals surface area contributed by atoms with Crippen LogP contribution in [0.5, 0.6) is 0 Å². The highest BCUT2D eigenvalue weighted by molar-refractivity contribution is 5.92. The van der Waals surface area contributed by atoms with Crippen molar-refractivity contribution in [2.75, 3.05) is 40.3 Å². The lowest BCUT2D eigenvalue weighted by atomic mass is 9.93. The van der Waals surface area contributed by atoms with Crippen LogP contribution < -0.4 is 0 Å². The Hall–Kier alpha value is -1.40. The second-order valence-corrected chi connectivity index (χ2v) is 6.19. The number of aryl methyl sites for hydroxylation is 1. The highest BCUT2D eigenvalue weighted by Gasteiger charge is 2.45. The van der Waals surface area contributed by atoms with Crippen molar-refractivity contribution in [1.29, 1.82) is 0 Å². The second kappa shape index (κ2) is 5.18. The third-order valence-electron chi connectivity index (χ3n) is 4.25. The van der Waals surface area contributed by atoms with E-state index >= 15 is 0 Å². The van der Waals surface area contributed by atoms with Crippen molar-refractivity contribution in [2.24, 2.45) is 18.9 Å². The summed E-state index contributed by atoms with van der Waals surface area (Å²) < 4.78 is 7.67. The van der Waals surface area contributed by atoms with Crippen molar-refractivity contribution in [2.45, 2.75) is 6.10 Å². The smallest absolute Gasteiger partial charge is 0.274 e. The molecule has 2 saturated heterocycles.